The molecule has 1 fully saturated rings. The normalized spacial score (nSPS) is 14.8. The number of nitrogens with one attached hydrogen (secondary N) is 2. The minimum atomic E-state index is -0.398. The smallest absolute Gasteiger partial charge is 0.338 e. The summed E-state index contributed by atoms with van der Waals surface area (Å²) in [6, 6.07) is 24.6. The third kappa shape index (κ3) is 7.04. The second-order valence-corrected chi connectivity index (χ2v) is 8.84. The summed E-state index contributed by atoms with van der Waals surface area (Å²) in [5.74, 6) is 0.212. The van der Waals surface area contributed by atoms with Crippen LogP contribution >= 0.6 is 0 Å². The van der Waals surface area contributed by atoms with E-state index >= 15 is 0 Å². The first-order valence-corrected chi connectivity index (χ1v) is 12.1. The Balaban J connectivity index is 1.32. The van der Waals surface area contributed by atoms with E-state index in [0.717, 1.165) is 49.6 Å². The Morgan fingerprint density at radius 2 is 1.61 bits per heavy atom. The Morgan fingerprint density at radius 3 is 2.28 bits per heavy atom. The molecule has 4 rings (SSSR count). The van der Waals surface area contributed by atoms with Crippen LogP contribution in [0.15, 0.2) is 84.9 Å². The van der Waals surface area contributed by atoms with E-state index in [1.54, 1.807) is 43.5 Å². The van der Waals surface area contributed by atoms with Gasteiger partial charge in [0.05, 0.1) is 12.7 Å². The van der Waals surface area contributed by atoms with Gasteiger partial charge in [0.2, 0.25) is 0 Å². The second kappa shape index (κ2) is 12.2. The highest BCUT2D eigenvalue weighted by Gasteiger charge is 2.32. The molecule has 7 heteroatoms. The molecule has 0 bridgehead atoms. The Morgan fingerprint density at radius 1 is 0.917 bits per heavy atom. The molecule has 0 spiro atoms. The topological polar surface area (TPSA) is 76.7 Å². The van der Waals surface area contributed by atoms with Gasteiger partial charge in [0, 0.05) is 24.7 Å². The van der Waals surface area contributed by atoms with Crippen molar-refractivity contribution in [2.24, 2.45) is 0 Å². The third-order valence-electron chi connectivity index (χ3n) is 6.21. The Labute approximate surface area is 211 Å². The number of quaternary nitrogens is 1. The zero-order valence-electron chi connectivity index (χ0n) is 20.5. The van der Waals surface area contributed by atoms with Gasteiger partial charge >= 0.3 is 5.97 Å². The van der Waals surface area contributed by atoms with Crippen molar-refractivity contribution >= 4 is 18.0 Å². The van der Waals surface area contributed by atoms with Crippen LogP contribution in [0.1, 0.15) is 27.0 Å². The first kappa shape index (κ1) is 25.2. The number of esters is 1. The van der Waals surface area contributed by atoms with Crippen LogP contribution in [0, 0.1) is 0 Å². The van der Waals surface area contributed by atoms with Crippen molar-refractivity contribution in [3.63, 3.8) is 0 Å². The van der Waals surface area contributed by atoms with Crippen LogP contribution < -0.4 is 15.5 Å². The molecule has 2 N–H and O–H groups in total. The minimum absolute atomic E-state index is 0.143. The Hall–Kier alpha value is -3.94. The van der Waals surface area contributed by atoms with Gasteiger partial charge in [-0.3, -0.25) is 4.79 Å². The fourth-order valence-corrected chi connectivity index (χ4v) is 4.19. The fourth-order valence-electron chi connectivity index (χ4n) is 4.19. The van der Waals surface area contributed by atoms with E-state index in [2.05, 4.69) is 22.9 Å². The molecule has 1 aliphatic heterocycles. The zero-order chi connectivity index (χ0) is 25.2. The number of carbonyl (C=O) groups is 2. The molecule has 1 amide bonds. The number of hydrogen-bond donors (Lipinski definition) is 2. The van der Waals surface area contributed by atoms with E-state index in [1.165, 1.54) is 5.56 Å². The van der Waals surface area contributed by atoms with Crippen LogP contribution in [0.25, 0.3) is 6.08 Å². The Bertz CT molecular complexity index is 1170. The number of nitrogens with zero attached hydrogens (tertiary/aromatic N) is 1. The number of piperazine rings is 1. The first-order valence-electron chi connectivity index (χ1n) is 12.1. The summed E-state index contributed by atoms with van der Waals surface area (Å²) in [5, 5.41) is 3.37. The van der Waals surface area contributed by atoms with Gasteiger partial charge in [-0.05, 0) is 41.5 Å². The van der Waals surface area contributed by atoms with Crippen molar-refractivity contribution in [2.75, 3.05) is 33.3 Å². The average molecular weight is 487 g/mol. The summed E-state index contributed by atoms with van der Waals surface area (Å²) in [6.07, 6.45) is 3.30. The van der Waals surface area contributed by atoms with Crippen molar-refractivity contribution < 1.29 is 23.7 Å². The predicted octanol–water partition coefficient (Wildman–Crippen LogP) is 3.72. The molecule has 0 aliphatic carbocycles. The summed E-state index contributed by atoms with van der Waals surface area (Å²) in [4.78, 5) is 25.2. The number of methoxy groups -OCH3 is 1. The van der Waals surface area contributed by atoms with Crippen molar-refractivity contribution in [2.45, 2.75) is 13.2 Å². The monoisotopic (exact) mass is 486 g/mol. The molecule has 0 unspecified atom stereocenters. The van der Waals surface area contributed by atoms with Crippen molar-refractivity contribution in [3.05, 3.63) is 107 Å². The molecule has 1 heterocycles. The minimum Gasteiger partial charge on any atom is -0.497 e. The Kier molecular flexibility index (Phi) is 8.49. The van der Waals surface area contributed by atoms with Gasteiger partial charge in [-0.1, -0.05) is 54.6 Å². The van der Waals surface area contributed by atoms with Gasteiger partial charge in [0.1, 0.15) is 32.0 Å². The molecule has 0 atom stereocenters. The van der Waals surface area contributed by atoms with Crippen molar-refractivity contribution in [1.82, 2.24) is 10.7 Å². The molecule has 1 saturated heterocycles. The number of amides is 1. The lowest BCUT2D eigenvalue weighted by Gasteiger charge is -2.40. The van der Waals surface area contributed by atoms with Crippen LogP contribution in [0.4, 0.5) is 0 Å². The fraction of sp³-hybridized carbons (Fsp3) is 0.241. The van der Waals surface area contributed by atoms with E-state index < -0.39 is 5.97 Å². The highest BCUT2D eigenvalue weighted by molar-refractivity contribution is 5.92. The second-order valence-electron chi connectivity index (χ2n) is 8.84. The van der Waals surface area contributed by atoms with Gasteiger partial charge < -0.3 is 14.8 Å². The maximum Gasteiger partial charge on any atom is 0.338 e. The van der Waals surface area contributed by atoms with Gasteiger partial charge in [-0.25, -0.2) is 9.39 Å². The zero-order valence-corrected chi connectivity index (χ0v) is 20.5. The van der Waals surface area contributed by atoms with Crippen molar-refractivity contribution in [1.29, 1.82) is 0 Å². The number of benzene rings is 3. The molecule has 1 aliphatic rings. The van der Waals surface area contributed by atoms with Crippen LogP contribution in [-0.4, -0.2) is 49.8 Å². The lowest BCUT2D eigenvalue weighted by molar-refractivity contribution is -0.974. The summed E-state index contributed by atoms with van der Waals surface area (Å²) < 4.78 is 11.0. The van der Waals surface area contributed by atoms with Gasteiger partial charge in [0.15, 0.2) is 0 Å². The molecular weight excluding hydrogens is 454 g/mol. The lowest BCUT2D eigenvalue weighted by Crippen LogP contribution is -2.66. The number of carbonyl (C=O) groups excluding carboxylic acids is 2. The van der Waals surface area contributed by atoms with Crippen LogP contribution in [-0.2, 0) is 22.7 Å². The SMILES string of the molecule is COc1ccc(COC(=O)c2ccc(C=CC(=O)N[N+]3(Cc4ccccc4)CCNCC3)cc2)cc1. The third-order valence-corrected chi connectivity index (χ3v) is 6.21. The molecule has 3 aromatic carbocycles. The average Bonchev–Trinajstić information content (AvgIpc) is 2.92. The largest absolute Gasteiger partial charge is 0.497 e. The summed E-state index contributed by atoms with van der Waals surface area (Å²) in [5.41, 5.74) is 6.57. The molecule has 36 heavy (non-hydrogen) atoms. The number of hydrogen-bond acceptors (Lipinski definition) is 5. The van der Waals surface area contributed by atoms with Crippen LogP contribution in [0.3, 0.4) is 0 Å². The summed E-state index contributed by atoms with van der Waals surface area (Å²) in [7, 11) is 1.61. The maximum absolute atomic E-state index is 12.8. The van der Waals surface area contributed by atoms with Gasteiger partial charge in [-0.2, -0.15) is 5.43 Å². The van der Waals surface area contributed by atoms with E-state index in [9.17, 15) is 9.59 Å². The standard InChI is InChI=1S/C29H31N3O4/c1-35-27-14-9-25(10-15-27)22-36-29(34)26-12-7-23(8-13-26)11-16-28(33)31-32(19-17-30-18-20-32)21-24-5-3-2-4-6-24/h2-16,30H,17-22H2,1H3/p+1. The van der Waals surface area contributed by atoms with E-state index in [0.29, 0.717) is 10.2 Å². The van der Waals surface area contributed by atoms with E-state index in [-0.39, 0.29) is 12.5 Å². The molecule has 0 aromatic heterocycles. The summed E-state index contributed by atoms with van der Waals surface area (Å²) >= 11 is 0. The highest BCUT2D eigenvalue weighted by atomic mass is 16.5. The lowest BCUT2D eigenvalue weighted by atomic mass is 10.1. The molecule has 186 valence electrons. The van der Waals surface area contributed by atoms with Crippen molar-refractivity contribution in [3.8, 4) is 5.75 Å². The molecular formula is C29H32N3O4+. The van der Waals surface area contributed by atoms with Gasteiger partial charge in [0.25, 0.3) is 5.91 Å². The maximum atomic E-state index is 12.8. The quantitative estimate of drug-likeness (QED) is 0.274. The van der Waals surface area contributed by atoms with Crippen LogP contribution in [0.2, 0.25) is 0 Å². The number of ether oxygens (including phenoxy) is 2. The molecule has 7 nitrogen and oxygen atoms in total. The summed E-state index contributed by atoms with van der Waals surface area (Å²) in [6.45, 7) is 4.28. The van der Waals surface area contributed by atoms with Crippen LogP contribution in [0.5, 0.6) is 5.75 Å². The molecule has 0 radical (unpaired) electrons. The number of rotatable bonds is 9. The molecule has 0 saturated carbocycles. The van der Waals surface area contributed by atoms with E-state index in [4.69, 9.17) is 9.47 Å². The first-order chi connectivity index (χ1) is 17.5. The predicted molar refractivity (Wildman–Crippen MR) is 139 cm³/mol. The molecule has 3 aromatic rings. The van der Waals surface area contributed by atoms with E-state index in [1.807, 2.05) is 42.5 Å². The highest BCUT2D eigenvalue weighted by Crippen LogP contribution is 2.15. The van der Waals surface area contributed by atoms with Gasteiger partial charge in [-0.15, -0.1) is 0 Å².